The summed E-state index contributed by atoms with van der Waals surface area (Å²) in [5.74, 6) is 0.753. The molecule has 0 aliphatic carbocycles. The molecule has 0 bridgehead atoms. The van der Waals surface area contributed by atoms with E-state index in [4.69, 9.17) is 23.2 Å². The van der Waals surface area contributed by atoms with E-state index in [9.17, 15) is 4.79 Å². The standard InChI is InChI=1S/C19H18Cl2N4OS/c1-11-4-7-16(12(2)8-11)22-17(26)10-27-19-24-23-18(25(19)3)14-6-5-13(20)9-15(14)21/h4-9H,10H2,1-3H3,(H,22,26). The Morgan fingerprint density at radius 2 is 1.93 bits per heavy atom. The molecule has 1 heterocycles. The van der Waals surface area contributed by atoms with Gasteiger partial charge in [-0.05, 0) is 43.7 Å². The van der Waals surface area contributed by atoms with Crippen molar-refractivity contribution in [2.75, 3.05) is 11.1 Å². The third kappa shape index (κ3) is 4.64. The van der Waals surface area contributed by atoms with Crippen molar-refractivity contribution in [3.05, 3.63) is 57.6 Å². The number of rotatable bonds is 5. The molecular formula is C19H18Cl2N4OS. The zero-order valence-corrected chi connectivity index (χ0v) is 17.4. The third-order valence-corrected chi connectivity index (χ3v) is 5.56. The van der Waals surface area contributed by atoms with Crippen molar-refractivity contribution in [3.8, 4) is 11.4 Å². The quantitative estimate of drug-likeness (QED) is 0.580. The number of nitrogens with zero attached hydrogens (tertiary/aromatic N) is 3. The number of benzene rings is 2. The lowest BCUT2D eigenvalue weighted by Gasteiger charge is -2.09. The largest absolute Gasteiger partial charge is 0.325 e. The van der Waals surface area contributed by atoms with Gasteiger partial charge in [0.25, 0.3) is 0 Å². The molecule has 3 aromatic rings. The molecule has 0 atom stereocenters. The van der Waals surface area contributed by atoms with Gasteiger partial charge >= 0.3 is 0 Å². The highest BCUT2D eigenvalue weighted by Gasteiger charge is 2.15. The van der Waals surface area contributed by atoms with Gasteiger partial charge in [0.2, 0.25) is 5.91 Å². The van der Waals surface area contributed by atoms with Crippen LogP contribution in [0.1, 0.15) is 11.1 Å². The van der Waals surface area contributed by atoms with Crippen LogP contribution in [0.15, 0.2) is 41.6 Å². The summed E-state index contributed by atoms with van der Waals surface area (Å²) in [4.78, 5) is 12.3. The van der Waals surface area contributed by atoms with Crippen molar-refractivity contribution >= 4 is 46.6 Å². The summed E-state index contributed by atoms with van der Waals surface area (Å²) in [6.07, 6.45) is 0. The number of anilines is 1. The molecule has 1 aromatic heterocycles. The maximum Gasteiger partial charge on any atom is 0.234 e. The summed E-state index contributed by atoms with van der Waals surface area (Å²) >= 11 is 13.5. The molecule has 0 fully saturated rings. The molecule has 1 amide bonds. The zero-order valence-electron chi connectivity index (χ0n) is 15.1. The van der Waals surface area contributed by atoms with Crippen molar-refractivity contribution in [1.82, 2.24) is 14.8 Å². The van der Waals surface area contributed by atoms with E-state index < -0.39 is 0 Å². The van der Waals surface area contributed by atoms with Gasteiger partial charge in [-0.2, -0.15) is 0 Å². The van der Waals surface area contributed by atoms with Crippen LogP contribution in [0.4, 0.5) is 5.69 Å². The number of carbonyl (C=O) groups excluding carboxylic acids is 1. The summed E-state index contributed by atoms with van der Waals surface area (Å²) < 4.78 is 1.81. The molecular weight excluding hydrogens is 403 g/mol. The Labute approximate surface area is 172 Å². The highest BCUT2D eigenvalue weighted by atomic mass is 35.5. The third-order valence-electron chi connectivity index (χ3n) is 4.00. The first-order chi connectivity index (χ1) is 12.8. The number of hydrogen-bond donors (Lipinski definition) is 1. The Kier molecular flexibility index (Phi) is 6.09. The minimum Gasteiger partial charge on any atom is -0.325 e. The lowest BCUT2D eigenvalue weighted by Crippen LogP contribution is -2.15. The van der Waals surface area contributed by atoms with Gasteiger partial charge in [0.15, 0.2) is 11.0 Å². The predicted molar refractivity (Wildman–Crippen MR) is 112 cm³/mol. The van der Waals surface area contributed by atoms with Gasteiger partial charge in [-0.3, -0.25) is 4.79 Å². The van der Waals surface area contributed by atoms with Crippen LogP contribution in [0.25, 0.3) is 11.4 Å². The van der Waals surface area contributed by atoms with Crippen LogP contribution in [0.5, 0.6) is 0 Å². The maximum atomic E-state index is 12.3. The van der Waals surface area contributed by atoms with Crippen LogP contribution >= 0.6 is 35.0 Å². The number of hydrogen-bond acceptors (Lipinski definition) is 4. The fourth-order valence-corrected chi connectivity index (χ4v) is 3.82. The van der Waals surface area contributed by atoms with Crippen LogP contribution in [0.3, 0.4) is 0 Å². The zero-order chi connectivity index (χ0) is 19.6. The molecule has 0 aliphatic rings. The van der Waals surface area contributed by atoms with Crippen LogP contribution < -0.4 is 5.32 Å². The number of nitrogens with one attached hydrogen (secondary N) is 1. The highest BCUT2D eigenvalue weighted by Crippen LogP contribution is 2.30. The Hall–Kier alpha value is -2.02. The second kappa shape index (κ2) is 8.33. The number of aryl methyl sites for hydroxylation is 2. The fourth-order valence-electron chi connectivity index (χ4n) is 2.62. The minimum absolute atomic E-state index is 0.0963. The van der Waals surface area contributed by atoms with Crippen molar-refractivity contribution < 1.29 is 4.79 Å². The van der Waals surface area contributed by atoms with Gasteiger partial charge in [-0.1, -0.05) is 52.7 Å². The average molecular weight is 421 g/mol. The van der Waals surface area contributed by atoms with Gasteiger partial charge in [0, 0.05) is 23.3 Å². The van der Waals surface area contributed by atoms with Gasteiger partial charge in [0.05, 0.1) is 10.8 Å². The number of aromatic nitrogens is 3. The minimum atomic E-state index is -0.0963. The molecule has 0 unspecified atom stereocenters. The van der Waals surface area contributed by atoms with E-state index >= 15 is 0 Å². The van der Waals surface area contributed by atoms with E-state index in [1.807, 2.05) is 43.7 Å². The molecule has 5 nitrogen and oxygen atoms in total. The maximum absolute atomic E-state index is 12.3. The van der Waals surface area contributed by atoms with Crippen LogP contribution in [-0.2, 0) is 11.8 Å². The molecule has 0 saturated heterocycles. The topological polar surface area (TPSA) is 59.8 Å². The molecule has 0 saturated carbocycles. The van der Waals surface area contributed by atoms with Crippen LogP contribution in [-0.4, -0.2) is 26.4 Å². The summed E-state index contributed by atoms with van der Waals surface area (Å²) in [7, 11) is 1.84. The molecule has 27 heavy (non-hydrogen) atoms. The Bertz CT molecular complexity index is 1000. The number of halogens is 2. The van der Waals surface area contributed by atoms with Gasteiger partial charge in [-0.25, -0.2) is 0 Å². The molecule has 3 rings (SSSR count). The summed E-state index contributed by atoms with van der Waals surface area (Å²) in [5.41, 5.74) is 3.75. The predicted octanol–water partition coefficient (Wildman–Crippen LogP) is 5.14. The van der Waals surface area contributed by atoms with E-state index in [2.05, 4.69) is 15.5 Å². The first-order valence-electron chi connectivity index (χ1n) is 8.20. The Morgan fingerprint density at radius 3 is 2.63 bits per heavy atom. The Balaban J connectivity index is 1.68. The summed E-state index contributed by atoms with van der Waals surface area (Å²) in [5, 5.41) is 13.0. The van der Waals surface area contributed by atoms with Crippen molar-refractivity contribution in [2.24, 2.45) is 7.05 Å². The lowest BCUT2D eigenvalue weighted by molar-refractivity contribution is -0.113. The van der Waals surface area contributed by atoms with Gasteiger partial charge < -0.3 is 9.88 Å². The van der Waals surface area contributed by atoms with Crippen LogP contribution in [0, 0.1) is 13.8 Å². The first kappa shape index (κ1) is 19.7. The molecule has 2 aromatic carbocycles. The second-order valence-corrected chi connectivity index (χ2v) is 7.93. The molecule has 8 heteroatoms. The molecule has 0 aliphatic heterocycles. The van der Waals surface area contributed by atoms with Gasteiger partial charge in [-0.15, -0.1) is 10.2 Å². The van der Waals surface area contributed by atoms with Crippen LogP contribution in [0.2, 0.25) is 10.0 Å². The monoisotopic (exact) mass is 420 g/mol. The summed E-state index contributed by atoms with van der Waals surface area (Å²) in [6, 6.07) is 11.1. The average Bonchev–Trinajstić information content (AvgIpc) is 2.96. The molecule has 1 N–H and O–H groups in total. The second-order valence-electron chi connectivity index (χ2n) is 6.14. The molecule has 0 spiro atoms. The van der Waals surface area contributed by atoms with Gasteiger partial charge in [0.1, 0.15) is 0 Å². The normalized spacial score (nSPS) is 10.9. The first-order valence-corrected chi connectivity index (χ1v) is 9.94. The molecule has 0 radical (unpaired) electrons. The SMILES string of the molecule is Cc1ccc(NC(=O)CSc2nnc(-c3ccc(Cl)cc3Cl)n2C)c(C)c1. The van der Waals surface area contributed by atoms with E-state index in [1.54, 1.807) is 18.2 Å². The highest BCUT2D eigenvalue weighted by molar-refractivity contribution is 7.99. The van der Waals surface area contributed by atoms with Crippen molar-refractivity contribution in [3.63, 3.8) is 0 Å². The van der Waals surface area contributed by atoms with E-state index in [0.717, 1.165) is 22.4 Å². The Morgan fingerprint density at radius 1 is 1.15 bits per heavy atom. The van der Waals surface area contributed by atoms with E-state index in [1.165, 1.54) is 11.8 Å². The van der Waals surface area contributed by atoms with Crippen molar-refractivity contribution in [1.29, 1.82) is 0 Å². The summed E-state index contributed by atoms with van der Waals surface area (Å²) in [6.45, 7) is 3.99. The number of thioether (sulfide) groups is 1. The fraction of sp³-hybridized carbons (Fsp3) is 0.211. The van der Waals surface area contributed by atoms with E-state index in [-0.39, 0.29) is 11.7 Å². The smallest absolute Gasteiger partial charge is 0.234 e. The molecule has 140 valence electrons. The number of amides is 1. The lowest BCUT2D eigenvalue weighted by atomic mass is 10.1. The van der Waals surface area contributed by atoms with Crippen molar-refractivity contribution in [2.45, 2.75) is 19.0 Å². The van der Waals surface area contributed by atoms with E-state index in [0.29, 0.717) is 21.0 Å². The number of carbonyl (C=O) groups is 1.